The smallest absolute Gasteiger partial charge is 0.277 e. The van der Waals surface area contributed by atoms with E-state index in [1.165, 1.54) is 5.56 Å². The molecule has 0 saturated carbocycles. The number of fused-ring (bicyclic) bond motifs is 1. The first-order valence-corrected chi connectivity index (χ1v) is 6.30. The molecule has 3 rings (SSSR count). The van der Waals surface area contributed by atoms with Crippen LogP contribution in [0.5, 0.6) is 0 Å². The van der Waals surface area contributed by atoms with Gasteiger partial charge in [-0.2, -0.15) is 0 Å². The molecule has 1 N–H and O–H groups in total. The topological polar surface area (TPSA) is 55.2 Å². The van der Waals surface area contributed by atoms with Crippen LogP contribution in [0.2, 0.25) is 0 Å². The van der Waals surface area contributed by atoms with Crippen molar-refractivity contribution in [3.63, 3.8) is 0 Å². The van der Waals surface area contributed by atoms with E-state index < -0.39 is 0 Å². The number of nitro benzene ring substituents is 1. The average molecular weight is 232 g/mol. The van der Waals surface area contributed by atoms with Crippen LogP contribution < -0.4 is 5.32 Å². The quantitative estimate of drug-likeness (QED) is 0.629. The first kappa shape index (κ1) is 10.7. The molecule has 0 aromatic heterocycles. The van der Waals surface area contributed by atoms with Crippen molar-refractivity contribution in [2.45, 2.75) is 38.1 Å². The van der Waals surface area contributed by atoms with Crippen LogP contribution in [0, 0.1) is 10.1 Å². The van der Waals surface area contributed by atoms with E-state index in [9.17, 15) is 10.1 Å². The molecule has 4 nitrogen and oxygen atoms in total. The molecule has 1 aromatic rings. The van der Waals surface area contributed by atoms with Crippen LogP contribution >= 0.6 is 0 Å². The molecule has 0 amide bonds. The number of aryl methyl sites for hydroxylation is 1. The van der Waals surface area contributed by atoms with Gasteiger partial charge in [0.2, 0.25) is 0 Å². The van der Waals surface area contributed by atoms with Crippen molar-refractivity contribution in [2.75, 3.05) is 6.54 Å². The Kier molecular flexibility index (Phi) is 2.59. The lowest BCUT2D eigenvalue weighted by molar-refractivity contribution is -0.386. The Hall–Kier alpha value is -1.42. The molecule has 17 heavy (non-hydrogen) atoms. The summed E-state index contributed by atoms with van der Waals surface area (Å²) in [6, 6.07) is 4.23. The van der Waals surface area contributed by atoms with Gasteiger partial charge in [0, 0.05) is 17.2 Å². The predicted octanol–water partition coefficient (Wildman–Crippen LogP) is 2.51. The molecule has 0 bridgehead atoms. The van der Waals surface area contributed by atoms with Crippen LogP contribution in [0.25, 0.3) is 0 Å². The third-order valence-corrected chi connectivity index (χ3v) is 3.90. The van der Waals surface area contributed by atoms with E-state index in [0.29, 0.717) is 5.69 Å². The van der Waals surface area contributed by atoms with E-state index in [4.69, 9.17) is 0 Å². The largest absolute Gasteiger partial charge is 0.310 e. The summed E-state index contributed by atoms with van der Waals surface area (Å²) < 4.78 is 0. The fraction of sp³-hybridized carbons (Fsp3) is 0.538. The predicted molar refractivity (Wildman–Crippen MR) is 65.1 cm³/mol. The number of nitrogens with one attached hydrogen (secondary N) is 1. The average Bonchev–Trinajstić information content (AvgIpc) is 2.98. The van der Waals surface area contributed by atoms with Gasteiger partial charge >= 0.3 is 0 Å². The molecular weight excluding hydrogens is 216 g/mol. The Morgan fingerprint density at radius 2 is 2.18 bits per heavy atom. The van der Waals surface area contributed by atoms with Crippen molar-refractivity contribution < 1.29 is 4.92 Å². The molecule has 0 unspecified atom stereocenters. The maximum absolute atomic E-state index is 11.3. The van der Waals surface area contributed by atoms with Crippen molar-refractivity contribution in [3.05, 3.63) is 38.9 Å². The summed E-state index contributed by atoms with van der Waals surface area (Å²) >= 11 is 0. The number of rotatable bonds is 2. The minimum Gasteiger partial charge on any atom is -0.310 e. The highest BCUT2D eigenvalue weighted by atomic mass is 16.6. The van der Waals surface area contributed by atoms with Crippen molar-refractivity contribution in [3.8, 4) is 0 Å². The summed E-state index contributed by atoms with van der Waals surface area (Å²) in [6.07, 6.45) is 5.04. The zero-order valence-corrected chi connectivity index (χ0v) is 9.74. The molecule has 2 aliphatic rings. The first-order chi connectivity index (χ1) is 8.27. The fourth-order valence-electron chi connectivity index (χ4n) is 3.11. The summed E-state index contributed by atoms with van der Waals surface area (Å²) in [5, 5.41) is 14.7. The number of hydrogen-bond donors (Lipinski definition) is 1. The second-order valence-corrected chi connectivity index (χ2v) is 4.90. The first-order valence-electron chi connectivity index (χ1n) is 6.30. The Bertz CT molecular complexity index is 465. The molecule has 0 spiro atoms. The van der Waals surface area contributed by atoms with E-state index >= 15 is 0 Å². The third-order valence-electron chi connectivity index (χ3n) is 3.90. The summed E-state index contributed by atoms with van der Waals surface area (Å²) in [4.78, 5) is 11.1. The standard InChI is InChI=1S/C13H16N2O2/c16-15(17)13-10-4-1-3-9(10)6-7-11(13)12-5-2-8-14-12/h6-7,12,14H,1-5,8H2/t12-/m0/s1. The number of benzene rings is 1. The second kappa shape index (κ2) is 4.11. The minimum absolute atomic E-state index is 0.181. The lowest BCUT2D eigenvalue weighted by Gasteiger charge is -2.13. The molecule has 4 heteroatoms. The number of nitro groups is 1. The van der Waals surface area contributed by atoms with E-state index in [2.05, 4.69) is 11.4 Å². The fourth-order valence-corrected chi connectivity index (χ4v) is 3.11. The lowest BCUT2D eigenvalue weighted by Crippen LogP contribution is -2.15. The van der Waals surface area contributed by atoms with Gasteiger partial charge in [-0.15, -0.1) is 0 Å². The Balaban J connectivity index is 2.11. The van der Waals surface area contributed by atoms with Crippen LogP contribution in [0.4, 0.5) is 5.69 Å². The molecule has 1 heterocycles. The Labute approximate surface area is 100 Å². The molecule has 1 fully saturated rings. The number of hydrogen-bond acceptors (Lipinski definition) is 3. The van der Waals surface area contributed by atoms with Gasteiger partial charge in [-0.1, -0.05) is 12.1 Å². The van der Waals surface area contributed by atoms with Gasteiger partial charge < -0.3 is 5.32 Å². The highest BCUT2D eigenvalue weighted by molar-refractivity contribution is 5.55. The zero-order valence-electron chi connectivity index (χ0n) is 9.74. The lowest BCUT2D eigenvalue weighted by atomic mass is 9.97. The molecule has 1 aromatic carbocycles. The summed E-state index contributed by atoms with van der Waals surface area (Å²) in [6.45, 7) is 0.971. The van der Waals surface area contributed by atoms with Gasteiger partial charge in [0.15, 0.2) is 0 Å². The van der Waals surface area contributed by atoms with E-state index in [0.717, 1.165) is 49.8 Å². The molecular formula is C13H16N2O2. The van der Waals surface area contributed by atoms with Crippen LogP contribution in [-0.4, -0.2) is 11.5 Å². The molecule has 90 valence electrons. The number of nitrogens with zero attached hydrogens (tertiary/aromatic N) is 1. The van der Waals surface area contributed by atoms with Crippen molar-refractivity contribution in [1.29, 1.82) is 0 Å². The SMILES string of the molecule is O=[N+]([O-])c1c([C@@H]2CCCN2)ccc2c1CCC2. The molecule has 0 radical (unpaired) electrons. The molecule has 1 saturated heterocycles. The highest BCUT2D eigenvalue weighted by Crippen LogP contribution is 2.38. The van der Waals surface area contributed by atoms with E-state index in [-0.39, 0.29) is 11.0 Å². The van der Waals surface area contributed by atoms with Gasteiger partial charge in [0.05, 0.1) is 4.92 Å². The van der Waals surface area contributed by atoms with Crippen LogP contribution in [0.1, 0.15) is 42.0 Å². The molecule has 1 aliphatic heterocycles. The van der Waals surface area contributed by atoms with Crippen LogP contribution in [-0.2, 0) is 12.8 Å². The van der Waals surface area contributed by atoms with Gasteiger partial charge in [0.1, 0.15) is 0 Å². The van der Waals surface area contributed by atoms with E-state index in [1.807, 2.05) is 6.07 Å². The van der Waals surface area contributed by atoms with Crippen molar-refractivity contribution in [1.82, 2.24) is 5.32 Å². The Morgan fingerprint density at radius 3 is 2.88 bits per heavy atom. The minimum atomic E-state index is -0.181. The second-order valence-electron chi connectivity index (χ2n) is 4.90. The zero-order chi connectivity index (χ0) is 11.8. The maximum Gasteiger partial charge on any atom is 0.277 e. The summed E-state index contributed by atoms with van der Waals surface area (Å²) in [5.74, 6) is 0. The van der Waals surface area contributed by atoms with Gasteiger partial charge in [-0.05, 0) is 44.2 Å². The van der Waals surface area contributed by atoms with Crippen molar-refractivity contribution >= 4 is 5.69 Å². The van der Waals surface area contributed by atoms with Crippen LogP contribution in [0.15, 0.2) is 12.1 Å². The summed E-state index contributed by atoms with van der Waals surface area (Å²) in [7, 11) is 0. The molecule has 1 aliphatic carbocycles. The summed E-state index contributed by atoms with van der Waals surface area (Å²) in [5.41, 5.74) is 3.45. The third kappa shape index (κ3) is 1.72. The van der Waals surface area contributed by atoms with Gasteiger partial charge in [0.25, 0.3) is 5.69 Å². The maximum atomic E-state index is 11.3. The van der Waals surface area contributed by atoms with Gasteiger partial charge in [-0.3, -0.25) is 10.1 Å². The van der Waals surface area contributed by atoms with E-state index in [1.54, 1.807) is 0 Å². The van der Waals surface area contributed by atoms with Gasteiger partial charge in [-0.25, -0.2) is 0 Å². The van der Waals surface area contributed by atoms with Crippen LogP contribution in [0.3, 0.4) is 0 Å². The van der Waals surface area contributed by atoms with Crippen molar-refractivity contribution in [2.24, 2.45) is 0 Å². The monoisotopic (exact) mass is 232 g/mol. The molecule has 1 atom stereocenters. The normalized spacial score (nSPS) is 22.7. The Morgan fingerprint density at radius 1 is 1.29 bits per heavy atom. The highest BCUT2D eigenvalue weighted by Gasteiger charge is 2.30.